The van der Waals surface area contributed by atoms with E-state index in [-0.39, 0.29) is 30.9 Å². The lowest BCUT2D eigenvalue weighted by atomic mass is 9.98. The molecule has 8 heteroatoms. The second-order valence-electron chi connectivity index (χ2n) is 13.2. The van der Waals surface area contributed by atoms with Crippen LogP contribution in [0.15, 0.2) is 133 Å². The van der Waals surface area contributed by atoms with Gasteiger partial charge in [0.2, 0.25) is 0 Å². The first-order chi connectivity index (χ1) is 24.9. The summed E-state index contributed by atoms with van der Waals surface area (Å²) in [6.45, 7) is 3.51. The molecule has 1 aliphatic heterocycles. The van der Waals surface area contributed by atoms with Gasteiger partial charge in [-0.25, -0.2) is 4.79 Å². The molecule has 5 aromatic carbocycles. The van der Waals surface area contributed by atoms with E-state index in [1.54, 1.807) is 0 Å². The number of hydrogen-bond donors (Lipinski definition) is 4. The van der Waals surface area contributed by atoms with Crippen LogP contribution in [0.4, 0.5) is 4.79 Å². The third kappa shape index (κ3) is 9.70. The average molecular weight is 686 g/mol. The summed E-state index contributed by atoms with van der Waals surface area (Å²) in [5.41, 5.74) is 7.81. The van der Waals surface area contributed by atoms with Crippen LogP contribution in [0.2, 0.25) is 0 Å². The van der Waals surface area contributed by atoms with E-state index in [2.05, 4.69) is 39.8 Å². The zero-order chi connectivity index (χ0) is 35.6. The van der Waals surface area contributed by atoms with Gasteiger partial charge >= 0.3 is 6.03 Å². The zero-order valence-electron chi connectivity index (χ0n) is 29.2. The fourth-order valence-electron chi connectivity index (χ4n) is 6.41. The number of carbonyl (C=O) groups is 1. The number of ether oxygens (including phenoxy) is 2. The summed E-state index contributed by atoms with van der Waals surface area (Å²) in [6.07, 6.45) is -0.940. The van der Waals surface area contributed by atoms with Gasteiger partial charge in [0.1, 0.15) is 0 Å². The van der Waals surface area contributed by atoms with Crippen molar-refractivity contribution in [1.82, 2.24) is 15.5 Å². The summed E-state index contributed by atoms with van der Waals surface area (Å²) >= 11 is 0. The minimum absolute atomic E-state index is 0.0115. The van der Waals surface area contributed by atoms with Gasteiger partial charge in [-0.2, -0.15) is 0 Å². The topological polar surface area (TPSA) is 103 Å². The summed E-state index contributed by atoms with van der Waals surface area (Å²) in [5.74, 6) is 0. The Morgan fingerprint density at radius 2 is 1.37 bits per heavy atom. The van der Waals surface area contributed by atoms with Crippen molar-refractivity contribution < 1.29 is 24.5 Å². The quantitative estimate of drug-likeness (QED) is 0.103. The summed E-state index contributed by atoms with van der Waals surface area (Å²) in [5, 5.41) is 26.5. The highest BCUT2D eigenvalue weighted by molar-refractivity contribution is 5.74. The summed E-state index contributed by atoms with van der Waals surface area (Å²) in [7, 11) is 2.02. The smallest absolute Gasteiger partial charge is 0.315 e. The van der Waals surface area contributed by atoms with Crippen molar-refractivity contribution >= 4 is 6.03 Å². The second-order valence-corrected chi connectivity index (χ2v) is 13.2. The molecule has 0 aliphatic carbocycles. The molecule has 5 aromatic rings. The molecule has 5 atom stereocenters. The molecule has 1 fully saturated rings. The highest BCUT2D eigenvalue weighted by Crippen LogP contribution is 2.39. The molecule has 0 spiro atoms. The number of carbonyl (C=O) groups excluding carboxylic acids is 1. The summed E-state index contributed by atoms with van der Waals surface area (Å²) in [4.78, 5) is 14.6. The van der Waals surface area contributed by atoms with Crippen molar-refractivity contribution in [2.24, 2.45) is 0 Å². The van der Waals surface area contributed by atoms with Crippen LogP contribution >= 0.6 is 0 Å². The van der Waals surface area contributed by atoms with Crippen LogP contribution in [0.5, 0.6) is 0 Å². The first-order valence-corrected chi connectivity index (χ1v) is 17.5. The fraction of sp³-hybridized carbons (Fsp3) is 0.279. The molecule has 264 valence electrons. The van der Waals surface area contributed by atoms with Gasteiger partial charge < -0.3 is 30.3 Å². The number of aliphatic hydroxyl groups excluding tert-OH is 2. The molecular weight excluding hydrogens is 638 g/mol. The normalized spacial score (nSPS) is 18.6. The van der Waals surface area contributed by atoms with E-state index < -0.39 is 12.4 Å². The van der Waals surface area contributed by atoms with Crippen molar-refractivity contribution in [1.29, 1.82) is 0 Å². The fourth-order valence-corrected chi connectivity index (χ4v) is 6.41. The molecular formula is C43H47N3O5. The standard InChI is InChI=1S/C43H47N3O5/c1-30(41(48)36-13-7-4-8-14-36)46(2)28-39-25-40(35-18-16-32(29-47)17-19-35)51-42(50-39)37-22-20-34(21-23-37)38-15-9-12-33(24-38)27-45-43(49)44-26-31-10-5-3-6-11-31/h3-24,30,39-42,47-48H,25-29H2,1-2H3,(H2,44,45,49)/t30-,39-,40+,41-,42+/m1/s1. The Morgan fingerprint density at radius 3 is 2.06 bits per heavy atom. The Hall–Kier alpha value is -4.83. The Bertz CT molecular complexity index is 1820. The molecule has 0 unspecified atom stereocenters. The minimum Gasteiger partial charge on any atom is -0.392 e. The first kappa shape index (κ1) is 36.0. The third-order valence-corrected chi connectivity index (χ3v) is 9.59. The summed E-state index contributed by atoms with van der Waals surface area (Å²) < 4.78 is 13.2. The van der Waals surface area contributed by atoms with Crippen molar-refractivity contribution in [3.05, 3.63) is 167 Å². The molecule has 0 bridgehead atoms. The van der Waals surface area contributed by atoms with Crippen molar-refractivity contribution in [2.75, 3.05) is 13.6 Å². The third-order valence-electron chi connectivity index (χ3n) is 9.59. The van der Waals surface area contributed by atoms with Gasteiger partial charge in [0.15, 0.2) is 6.29 Å². The van der Waals surface area contributed by atoms with E-state index in [0.29, 0.717) is 26.1 Å². The predicted octanol–water partition coefficient (Wildman–Crippen LogP) is 7.44. The van der Waals surface area contributed by atoms with E-state index in [0.717, 1.165) is 44.5 Å². The summed E-state index contributed by atoms with van der Waals surface area (Å²) in [6, 6.07) is 43.5. The van der Waals surface area contributed by atoms with Gasteiger partial charge in [-0.3, -0.25) is 4.90 Å². The molecule has 4 N–H and O–H groups in total. The number of likely N-dealkylation sites (N-methyl/N-ethyl adjacent to an activating group) is 1. The van der Waals surface area contributed by atoms with E-state index in [1.165, 1.54) is 0 Å². The molecule has 2 amide bonds. The van der Waals surface area contributed by atoms with E-state index in [4.69, 9.17) is 9.47 Å². The van der Waals surface area contributed by atoms with Crippen molar-refractivity contribution in [2.45, 2.75) is 63.7 Å². The first-order valence-electron chi connectivity index (χ1n) is 17.5. The number of benzene rings is 5. The van der Waals surface area contributed by atoms with Gasteiger partial charge in [0, 0.05) is 37.7 Å². The van der Waals surface area contributed by atoms with Crippen LogP contribution in [-0.4, -0.2) is 46.9 Å². The monoisotopic (exact) mass is 685 g/mol. The number of urea groups is 1. The second kappa shape index (κ2) is 17.4. The molecule has 1 saturated heterocycles. The van der Waals surface area contributed by atoms with Crippen LogP contribution in [0.3, 0.4) is 0 Å². The molecule has 0 saturated carbocycles. The van der Waals surface area contributed by atoms with Crippen LogP contribution in [0.1, 0.15) is 65.2 Å². The van der Waals surface area contributed by atoms with E-state index >= 15 is 0 Å². The lowest BCUT2D eigenvalue weighted by molar-refractivity contribution is -0.253. The maximum absolute atomic E-state index is 12.4. The molecule has 1 aliphatic rings. The Labute approximate surface area is 300 Å². The van der Waals surface area contributed by atoms with Gasteiger partial charge in [-0.1, -0.05) is 127 Å². The number of rotatable bonds is 13. The molecule has 6 rings (SSSR count). The van der Waals surface area contributed by atoms with Crippen LogP contribution in [-0.2, 0) is 29.2 Å². The number of nitrogens with one attached hydrogen (secondary N) is 2. The lowest BCUT2D eigenvalue weighted by Crippen LogP contribution is -2.43. The number of amides is 2. The molecule has 8 nitrogen and oxygen atoms in total. The largest absolute Gasteiger partial charge is 0.392 e. The van der Waals surface area contributed by atoms with Crippen LogP contribution in [0, 0.1) is 0 Å². The maximum atomic E-state index is 12.4. The lowest BCUT2D eigenvalue weighted by Gasteiger charge is -2.39. The number of hydrogen-bond acceptors (Lipinski definition) is 6. The van der Waals surface area contributed by atoms with Crippen molar-refractivity contribution in [3.8, 4) is 11.1 Å². The zero-order valence-corrected chi connectivity index (χ0v) is 29.2. The highest BCUT2D eigenvalue weighted by atomic mass is 16.7. The highest BCUT2D eigenvalue weighted by Gasteiger charge is 2.34. The van der Waals surface area contributed by atoms with E-state index in [9.17, 15) is 15.0 Å². The minimum atomic E-state index is -0.632. The van der Waals surface area contributed by atoms with Gasteiger partial charge in [0.05, 0.1) is 24.9 Å². The maximum Gasteiger partial charge on any atom is 0.315 e. The van der Waals surface area contributed by atoms with Gasteiger partial charge in [0.25, 0.3) is 0 Å². The average Bonchev–Trinajstić information content (AvgIpc) is 3.19. The Kier molecular flexibility index (Phi) is 12.3. The van der Waals surface area contributed by atoms with Crippen LogP contribution < -0.4 is 10.6 Å². The predicted molar refractivity (Wildman–Crippen MR) is 199 cm³/mol. The molecule has 0 radical (unpaired) electrons. The Balaban J connectivity index is 1.12. The van der Waals surface area contributed by atoms with Gasteiger partial charge in [-0.05, 0) is 59.0 Å². The van der Waals surface area contributed by atoms with Gasteiger partial charge in [-0.15, -0.1) is 0 Å². The Morgan fingerprint density at radius 1 is 0.745 bits per heavy atom. The van der Waals surface area contributed by atoms with Crippen LogP contribution in [0.25, 0.3) is 11.1 Å². The molecule has 0 aromatic heterocycles. The SMILES string of the molecule is C[C@H]([C@@H](O)c1ccccc1)N(C)C[C@H]1C[C@@H](c2ccc(CO)cc2)O[C@@H](c2ccc(-c3cccc(CNC(=O)NCc4ccccc4)c3)cc2)O1. The number of nitrogens with zero attached hydrogens (tertiary/aromatic N) is 1. The molecule has 51 heavy (non-hydrogen) atoms. The van der Waals surface area contributed by atoms with Crippen molar-refractivity contribution in [3.63, 3.8) is 0 Å². The number of aliphatic hydroxyl groups is 2. The molecule has 1 heterocycles. The van der Waals surface area contributed by atoms with E-state index in [1.807, 2.05) is 123 Å².